The number of methoxy groups -OCH3 is 1. The quantitative estimate of drug-likeness (QED) is 0.674. The Labute approximate surface area is 153 Å². The molecule has 2 heterocycles. The topological polar surface area (TPSA) is 63.4 Å². The molecule has 0 amide bonds. The number of para-hydroxylation sites is 2. The van der Waals surface area contributed by atoms with Gasteiger partial charge in [0.05, 0.1) is 30.0 Å². The molecule has 0 fully saturated rings. The van der Waals surface area contributed by atoms with E-state index in [1.54, 1.807) is 25.6 Å². The lowest BCUT2D eigenvalue weighted by atomic mass is 10.1. The highest BCUT2D eigenvalue weighted by atomic mass is 16.5. The molecule has 0 aliphatic heterocycles. The zero-order valence-electron chi connectivity index (χ0n) is 15.1. The van der Waals surface area contributed by atoms with Gasteiger partial charge >= 0.3 is 0 Å². The summed E-state index contributed by atoms with van der Waals surface area (Å²) in [6.45, 7) is 1.35. The molecule has 2 aromatic heterocycles. The second-order valence-corrected chi connectivity index (χ2v) is 6.31. The number of phenolic OH excluding ortho intramolecular Hbond substituents is 1. The highest BCUT2D eigenvalue weighted by molar-refractivity contribution is 5.45. The Balaban J connectivity index is 1.71. The van der Waals surface area contributed by atoms with Gasteiger partial charge < -0.3 is 14.4 Å². The second kappa shape index (κ2) is 8.60. The predicted octanol–water partition coefficient (Wildman–Crippen LogP) is 2.66. The van der Waals surface area contributed by atoms with Crippen molar-refractivity contribution in [2.24, 2.45) is 0 Å². The Morgan fingerprint density at radius 2 is 1.92 bits per heavy atom. The van der Waals surface area contributed by atoms with E-state index < -0.39 is 0 Å². The first kappa shape index (κ1) is 18.1. The molecule has 3 rings (SSSR count). The molecule has 0 aliphatic rings. The minimum Gasteiger partial charge on any atom is -0.506 e. The number of aromatic hydroxyl groups is 1. The fourth-order valence-corrected chi connectivity index (χ4v) is 2.94. The molecule has 0 aliphatic carbocycles. The summed E-state index contributed by atoms with van der Waals surface area (Å²) in [4.78, 5) is 11.1. The summed E-state index contributed by atoms with van der Waals surface area (Å²) >= 11 is 0. The Kier molecular flexibility index (Phi) is 5.99. The Morgan fingerprint density at radius 3 is 2.65 bits per heavy atom. The van der Waals surface area contributed by atoms with E-state index in [0.717, 1.165) is 30.0 Å². The van der Waals surface area contributed by atoms with Gasteiger partial charge in [0.15, 0.2) is 0 Å². The van der Waals surface area contributed by atoms with Crippen LogP contribution < -0.4 is 0 Å². The first-order valence-corrected chi connectivity index (χ1v) is 8.57. The van der Waals surface area contributed by atoms with Crippen LogP contribution >= 0.6 is 0 Å². The average Bonchev–Trinajstić information content (AvgIpc) is 3.11. The van der Waals surface area contributed by atoms with Crippen molar-refractivity contribution < 1.29 is 9.84 Å². The third kappa shape index (κ3) is 4.47. The molecule has 6 heteroatoms. The number of rotatable bonds is 8. The minimum atomic E-state index is 0.176. The van der Waals surface area contributed by atoms with Gasteiger partial charge in [-0.2, -0.15) is 0 Å². The van der Waals surface area contributed by atoms with Gasteiger partial charge in [-0.15, -0.1) is 0 Å². The van der Waals surface area contributed by atoms with Gasteiger partial charge in [-0.25, -0.2) is 4.98 Å². The van der Waals surface area contributed by atoms with Crippen LogP contribution in [0.2, 0.25) is 0 Å². The van der Waals surface area contributed by atoms with E-state index in [2.05, 4.69) is 21.9 Å². The van der Waals surface area contributed by atoms with Gasteiger partial charge in [0.25, 0.3) is 0 Å². The zero-order chi connectivity index (χ0) is 18.4. The molecule has 3 aromatic rings. The predicted molar refractivity (Wildman–Crippen MR) is 100 cm³/mol. The summed E-state index contributed by atoms with van der Waals surface area (Å²) in [5.41, 5.74) is 2.69. The van der Waals surface area contributed by atoms with Crippen molar-refractivity contribution in [1.82, 2.24) is 19.4 Å². The van der Waals surface area contributed by atoms with E-state index in [1.807, 2.05) is 47.3 Å². The maximum atomic E-state index is 10.0. The van der Waals surface area contributed by atoms with E-state index in [4.69, 9.17) is 4.74 Å². The molecule has 26 heavy (non-hydrogen) atoms. The number of benzene rings is 1. The number of ether oxygens (including phenoxy) is 1. The van der Waals surface area contributed by atoms with E-state index in [9.17, 15) is 5.11 Å². The fourth-order valence-electron chi connectivity index (χ4n) is 2.94. The van der Waals surface area contributed by atoms with E-state index in [1.165, 1.54) is 0 Å². The van der Waals surface area contributed by atoms with E-state index >= 15 is 0 Å². The van der Waals surface area contributed by atoms with Crippen LogP contribution in [0.4, 0.5) is 0 Å². The number of phenols is 1. The number of hydrogen-bond acceptors (Lipinski definition) is 5. The molecule has 1 atom stereocenters. The third-order valence-corrected chi connectivity index (χ3v) is 4.36. The van der Waals surface area contributed by atoms with Crippen molar-refractivity contribution in [2.75, 3.05) is 20.8 Å². The average molecular weight is 353 g/mol. The first-order valence-electron chi connectivity index (χ1n) is 8.57. The lowest BCUT2D eigenvalue weighted by Gasteiger charge is -2.26. The molecular formula is C20H24N4O2. The highest BCUT2D eigenvalue weighted by Gasteiger charge is 2.18. The number of likely N-dealkylation sites (N-methyl/N-ethyl adjacent to an activating group) is 1. The highest BCUT2D eigenvalue weighted by Crippen LogP contribution is 2.21. The molecular weight excluding hydrogens is 329 g/mol. The molecule has 0 bridgehead atoms. The lowest BCUT2D eigenvalue weighted by molar-refractivity contribution is 0.101. The number of aromatic nitrogens is 3. The summed E-state index contributed by atoms with van der Waals surface area (Å²) in [7, 11) is 3.78. The van der Waals surface area contributed by atoms with Gasteiger partial charge in [0.2, 0.25) is 0 Å². The van der Waals surface area contributed by atoms with Gasteiger partial charge in [0, 0.05) is 38.5 Å². The largest absolute Gasteiger partial charge is 0.506 e. The van der Waals surface area contributed by atoms with Gasteiger partial charge in [0.1, 0.15) is 5.75 Å². The number of imidazole rings is 1. The summed E-state index contributed by atoms with van der Waals surface area (Å²) in [6, 6.07) is 13.3. The van der Waals surface area contributed by atoms with Crippen molar-refractivity contribution in [3.05, 3.63) is 72.6 Å². The Hall–Kier alpha value is -2.70. The van der Waals surface area contributed by atoms with Crippen LogP contribution in [0.15, 0.2) is 61.2 Å². The number of hydrogen-bond donors (Lipinski definition) is 1. The summed E-state index contributed by atoms with van der Waals surface area (Å²) < 4.78 is 7.25. The zero-order valence-corrected chi connectivity index (χ0v) is 15.1. The Morgan fingerprint density at radius 1 is 1.12 bits per heavy atom. The fraction of sp³-hybridized carbons (Fsp3) is 0.300. The van der Waals surface area contributed by atoms with Crippen LogP contribution in [0.25, 0.3) is 5.69 Å². The first-order chi connectivity index (χ1) is 12.7. The lowest BCUT2D eigenvalue weighted by Crippen LogP contribution is -2.37. The standard InChI is InChI=1S/C20H24N4O2/c1-23(12-16-7-5-6-10-21-16)18(14-26-2)11-17-13-24(15-22-17)19-8-3-4-9-20(19)25/h3-10,13,15,18,25H,11-12,14H2,1-2H3/t18-/m0/s1/i20+1. The smallest absolute Gasteiger partial charge is 0.139 e. The summed E-state index contributed by atoms with van der Waals surface area (Å²) in [5.74, 6) is 0.233. The van der Waals surface area contributed by atoms with E-state index in [0.29, 0.717) is 6.61 Å². The van der Waals surface area contributed by atoms with Crippen LogP contribution in [-0.4, -0.2) is 51.3 Å². The molecule has 1 N–H and O–H groups in total. The van der Waals surface area contributed by atoms with Crippen molar-refractivity contribution in [2.45, 2.75) is 19.0 Å². The SMILES string of the molecule is COC[C@H](Cc1cn(-c2cccc[13c]2O)cn1)N(C)Cc1ccccn1. The maximum Gasteiger partial charge on any atom is 0.139 e. The van der Waals surface area contributed by atoms with Gasteiger partial charge in [-0.3, -0.25) is 9.88 Å². The molecule has 0 saturated heterocycles. The molecule has 136 valence electrons. The van der Waals surface area contributed by atoms with Crippen molar-refractivity contribution in [1.29, 1.82) is 0 Å². The molecule has 0 spiro atoms. The number of pyridine rings is 1. The van der Waals surface area contributed by atoms with Crippen LogP contribution in [0.5, 0.6) is 5.75 Å². The van der Waals surface area contributed by atoms with E-state index in [-0.39, 0.29) is 11.8 Å². The third-order valence-electron chi connectivity index (χ3n) is 4.36. The molecule has 1 aromatic carbocycles. The Bertz CT molecular complexity index is 819. The molecule has 0 saturated carbocycles. The normalized spacial score (nSPS) is 12.4. The monoisotopic (exact) mass is 353 g/mol. The van der Waals surface area contributed by atoms with Crippen molar-refractivity contribution >= 4 is 0 Å². The molecule has 0 radical (unpaired) electrons. The maximum absolute atomic E-state index is 10.0. The molecule has 6 nitrogen and oxygen atoms in total. The van der Waals surface area contributed by atoms with Crippen LogP contribution in [0, 0.1) is 0 Å². The summed E-state index contributed by atoms with van der Waals surface area (Å²) in [5, 5.41) is 10.0. The van der Waals surface area contributed by atoms with Gasteiger partial charge in [-0.05, 0) is 31.3 Å². The molecule has 0 unspecified atom stereocenters. The van der Waals surface area contributed by atoms with Crippen molar-refractivity contribution in [3.63, 3.8) is 0 Å². The van der Waals surface area contributed by atoms with Gasteiger partial charge in [-0.1, -0.05) is 18.2 Å². The number of nitrogens with zero attached hydrogens (tertiary/aromatic N) is 4. The van der Waals surface area contributed by atoms with Crippen molar-refractivity contribution in [3.8, 4) is 11.4 Å². The van der Waals surface area contributed by atoms with Crippen LogP contribution in [0.3, 0.4) is 0 Å². The van der Waals surface area contributed by atoms with Crippen LogP contribution in [-0.2, 0) is 17.7 Å². The summed E-state index contributed by atoms with van der Waals surface area (Å²) in [6.07, 6.45) is 6.24. The minimum absolute atomic E-state index is 0.176. The second-order valence-electron chi connectivity index (χ2n) is 6.31. The van der Waals surface area contributed by atoms with Crippen LogP contribution in [0.1, 0.15) is 11.4 Å².